The number of benzene rings is 1. The van der Waals surface area contributed by atoms with E-state index in [1.807, 2.05) is 0 Å². The molecule has 1 aromatic carbocycles. The van der Waals surface area contributed by atoms with Gasteiger partial charge in [0, 0.05) is 18.7 Å². The highest BCUT2D eigenvalue weighted by molar-refractivity contribution is 7.89. The van der Waals surface area contributed by atoms with Gasteiger partial charge in [0.05, 0.1) is 4.92 Å². The fraction of sp³-hybridized carbons (Fsp3) is 0.333. The highest BCUT2D eigenvalue weighted by atomic mass is 32.2. The second-order valence-corrected chi connectivity index (χ2v) is 5.52. The number of halogens is 4. The van der Waals surface area contributed by atoms with Crippen molar-refractivity contribution >= 4 is 15.7 Å². The Bertz CT molecular complexity index is 646. The standard InChI is InChI=1S/C9H8F4N2O5S/c10-6-2-1-5(15(17)18)3-7(6)21(19,20)14-4-8(16)9(11,12)13/h1-3,8,14,16H,4H2. The van der Waals surface area contributed by atoms with Crippen LogP contribution in [0.3, 0.4) is 0 Å². The van der Waals surface area contributed by atoms with E-state index in [4.69, 9.17) is 5.11 Å². The van der Waals surface area contributed by atoms with Crippen molar-refractivity contribution in [2.75, 3.05) is 6.54 Å². The van der Waals surface area contributed by atoms with Crippen molar-refractivity contribution in [1.29, 1.82) is 0 Å². The zero-order valence-electron chi connectivity index (χ0n) is 9.96. The predicted molar refractivity (Wildman–Crippen MR) is 60.3 cm³/mol. The lowest BCUT2D eigenvalue weighted by Gasteiger charge is -2.15. The van der Waals surface area contributed by atoms with Crippen molar-refractivity contribution in [2.45, 2.75) is 17.2 Å². The molecule has 0 amide bonds. The van der Waals surface area contributed by atoms with Gasteiger partial charge in [0.25, 0.3) is 5.69 Å². The van der Waals surface area contributed by atoms with Crippen LogP contribution in [0.4, 0.5) is 23.2 Å². The summed E-state index contributed by atoms with van der Waals surface area (Å²) < 4.78 is 74.0. The normalized spacial score (nSPS) is 14.0. The number of non-ortho nitro benzene ring substituents is 1. The smallest absolute Gasteiger partial charge is 0.382 e. The van der Waals surface area contributed by atoms with Crippen LogP contribution in [-0.2, 0) is 10.0 Å². The second kappa shape index (κ2) is 5.91. The Hall–Kier alpha value is -1.79. The summed E-state index contributed by atoms with van der Waals surface area (Å²) in [7, 11) is -4.79. The average Bonchev–Trinajstić information content (AvgIpc) is 2.34. The molecule has 12 heteroatoms. The molecule has 0 aliphatic carbocycles. The number of sulfonamides is 1. The summed E-state index contributed by atoms with van der Waals surface area (Å²) >= 11 is 0. The number of aliphatic hydroxyl groups excluding tert-OH is 1. The number of aliphatic hydroxyl groups is 1. The SMILES string of the molecule is O=[N+]([O-])c1ccc(F)c(S(=O)(=O)NCC(O)C(F)(F)F)c1. The maximum Gasteiger partial charge on any atom is 0.415 e. The second-order valence-electron chi connectivity index (χ2n) is 3.78. The zero-order chi connectivity index (χ0) is 16.4. The Morgan fingerprint density at radius 1 is 1.38 bits per heavy atom. The van der Waals surface area contributed by atoms with Crippen LogP contribution in [0, 0.1) is 15.9 Å². The monoisotopic (exact) mass is 332 g/mol. The lowest BCUT2D eigenvalue weighted by atomic mass is 10.3. The minimum absolute atomic E-state index is 0.359. The van der Waals surface area contributed by atoms with Crippen LogP contribution < -0.4 is 4.72 Å². The summed E-state index contributed by atoms with van der Waals surface area (Å²) in [6, 6.07) is 1.55. The van der Waals surface area contributed by atoms with E-state index in [1.165, 1.54) is 4.72 Å². The summed E-state index contributed by atoms with van der Waals surface area (Å²) in [5.74, 6) is -1.38. The van der Waals surface area contributed by atoms with E-state index in [9.17, 15) is 36.1 Å². The molecule has 1 atom stereocenters. The third kappa shape index (κ3) is 4.34. The highest BCUT2D eigenvalue weighted by Gasteiger charge is 2.39. The molecule has 0 fully saturated rings. The van der Waals surface area contributed by atoms with Gasteiger partial charge in [0.1, 0.15) is 10.7 Å². The Morgan fingerprint density at radius 2 is 1.95 bits per heavy atom. The molecule has 0 saturated carbocycles. The summed E-state index contributed by atoms with van der Waals surface area (Å²) in [5, 5.41) is 19.1. The van der Waals surface area contributed by atoms with Crippen molar-refractivity contribution in [1.82, 2.24) is 4.72 Å². The van der Waals surface area contributed by atoms with Gasteiger partial charge >= 0.3 is 6.18 Å². The van der Waals surface area contributed by atoms with Gasteiger partial charge in [0.15, 0.2) is 6.10 Å². The number of nitro benzene ring substituents is 1. The molecule has 0 spiro atoms. The first-order valence-electron chi connectivity index (χ1n) is 5.13. The highest BCUT2D eigenvalue weighted by Crippen LogP contribution is 2.22. The zero-order valence-corrected chi connectivity index (χ0v) is 10.8. The van der Waals surface area contributed by atoms with Crippen LogP contribution >= 0.6 is 0 Å². The van der Waals surface area contributed by atoms with Crippen LogP contribution in [0.2, 0.25) is 0 Å². The third-order valence-electron chi connectivity index (χ3n) is 2.26. The van der Waals surface area contributed by atoms with Gasteiger partial charge in [-0.25, -0.2) is 17.5 Å². The van der Waals surface area contributed by atoms with Crippen LogP contribution in [-0.4, -0.2) is 37.3 Å². The molecule has 118 valence electrons. The van der Waals surface area contributed by atoms with E-state index < -0.39 is 50.2 Å². The molecule has 0 aliphatic rings. The van der Waals surface area contributed by atoms with Gasteiger partial charge in [-0.3, -0.25) is 10.1 Å². The summed E-state index contributed by atoms with van der Waals surface area (Å²) in [5.41, 5.74) is -0.756. The van der Waals surface area contributed by atoms with Gasteiger partial charge < -0.3 is 5.11 Å². The van der Waals surface area contributed by atoms with Gasteiger partial charge in [-0.2, -0.15) is 13.2 Å². The third-order valence-corrected chi connectivity index (χ3v) is 3.70. The largest absolute Gasteiger partial charge is 0.415 e. The summed E-state index contributed by atoms with van der Waals surface area (Å²) in [6.45, 7) is -1.45. The molecule has 7 nitrogen and oxygen atoms in total. The number of nitrogens with zero attached hydrogens (tertiary/aromatic N) is 1. The van der Waals surface area contributed by atoms with Gasteiger partial charge in [-0.05, 0) is 6.07 Å². The first-order valence-corrected chi connectivity index (χ1v) is 6.62. The van der Waals surface area contributed by atoms with Crippen LogP contribution in [0.25, 0.3) is 0 Å². The number of hydrogen-bond donors (Lipinski definition) is 2. The topological polar surface area (TPSA) is 110 Å². The van der Waals surface area contributed by atoms with E-state index in [1.54, 1.807) is 0 Å². The van der Waals surface area contributed by atoms with Crippen LogP contribution in [0.5, 0.6) is 0 Å². The molecular formula is C9H8F4N2O5S. The number of rotatable bonds is 5. The predicted octanol–water partition coefficient (Wildman–Crippen LogP) is 0.935. The lowest BCUT2D eigenvalue weighted by molar-refractivity contribution is -0.385. The Morgan fingerprint density at radius 3 is 2.43 bits per heavy atom. The van der Waals surface area contributed by atoms with E-state index in [2.05, 4.69) is 0 Å². The van der Waals surface area contributed by atoms with Crippen molar-refractivity contribution in [3.05, 3.63) is 34.1 Å². The quantitative estimate of drug-likeness (QED) is 0.474. The molecule has 2 N–H and O–H groups in total. The summed E-state index contributed by atoms with van der Waals surface area (Å²) in [6.07, 6.45) is -8.06. The fourth-order valence-electron chi connectivity index (χ4n) is 1.19. The first-order chi connectivity index (χ1) is 9.45. The number of hydrogen-bond acceptors (Lipinski definition) is 5. The molecular weight excluding hydrogens is 324 g/mol. The molecule has 1 aromatic rings. The number of alkyl halides is 3. The van der Waals surface area contributed by atoms with Crippen molar-refractivity contribution < 1.29 is 36.0 Å². The average molecular weight is 332 g/mol. The molecule has 1 rings (SSSR count). The van der Waals surface area contributed by atoms with E-state index in [-0.39, 0.29) is 0 Å². The molecule has 0 saturated heterocycles. The Kier molecular flexibility index (Phi) is 4.86. The molecule has 0 aliphatic heterocycles. The Labute approximate surface area is 115 Å². The van der Waals surface area contributed by atoms with Crippen molar-refractivity contribution in [3.63, 3.8) is 0 Å². The number of nitrogens with one attached hydrogen (secondary N) is 1. The minimum atomic E-state index is -5.07. The number of nitro groups is 1. The van der Waals surface area contributed by atoms with E-state index in [0.717, 1.165) is 0 Å². The van der Waals surface area contributed by atoms with Gasteiger partial charge in [-0.15, -0.1) is 0 Å². The maximum absolute atomic E-state index is 13.4. The molecule has 0 radical (unpaired) electrons. The van der Waals surface area contributed by atoms with Crippen LogP contribution in [0.15, 0.2) is 23.1 Å². The summed E-state index contributed by atoms with van der Waals surface area (Å²) in [4.78, 5) is 8.28. The molecule has 21 heavy (non-hydrogen) atoms. The first kappa shape index (κ1) is 17.3. The maximum atomic E-state index is 13.4. The molecule has 0 aromatic heterocycles. The molecule has 0 heterocycles. The minimum Gasteiger partial charge on any atom is -0.382 e. The molecule has 1 unspecified atom stereocenters. The Balaban J connectivity index is 3.03. The van der Waals surface area contributed by atoms with Gasteiger partial charge in [0.2, 0.25) is 10.0 Å². The van der Waals surface area contributed by atoms with Crippen LogP contribution in [0.1, 0.15) is 0 Å². The van der Waals surface area contributed by atoms with Crippen molar-refractivity contribution in [3.8, 4) is 0 Å². The van der Waals surface area contributed by atoms with E-state index in [0.29, 0.717) is 18.2 Å². The van der Waals surface area contributed by atoms with Gasteiger partial charge in [-0.1, -0.05) is 0 Å². The fourth-order valence-corrected chi connectivity index (χ4v) is 2.33. The van der Waals surface area contributed by atoms with E-state index >= 15 is 0 Å². The molecule has 0 bridgehead atoms. The lowest BCUT2D eigenvalue weighted by Crippen LogP contribution is -2.40. The van der Waals surface area contributed by atoms with Crippen molar-refractivity contribution in [2.24, 2.45) is 0 Å².